The first-order chi connectivity index (χ1) is 14.4. The van der Waals surface area contributed by atoms with Crippen molar-refractivity contribution in [3.8, 4) is 0 Å². The highest BCUT2D eigenvalue weighted by Crippen LogP contribution is 2.18. The number of sulfonamides is 1. The van der Waals surface area contributed by atoms with Gasteiger partial charge in [-0.25, -0.2) is 8.42 Å². The molecule has 1 fully saturated rings. The van der Waals surface area contributed by atoms with Crippen LogP contribution < -0.4 is 10.9 Å². The van der Waals surface area contributed by atoms with Gasteiger partial charge in [-0.2, -0.15) is 4.31 Å². The van der Waals surface area contributed by atoms with Gasteiger partial charge in [0.2, 0.25) is 15.6 Å². The Hall–Kier alpha value is -3.01. The van der Waals surface area contributed by atoms with Gasteiger partial charge in [0, 0.05) is 36.6 Å². The highest BCUT2D eigenvalue weighted by molar-refractivity contribution is 7.89. The summed E-state index contributed by atoms with van der Waals surface area (Å²) in [7, 11) is -3.55. The van der Waals surface area contributed by atoms with Gasteiger partial charge in [0.25, 0.3) is 5.91 Å². The second-order valence-electron chi connectivity index (χ2n) is 6.94. The van der Waals surface area contributed by atoms with Crippen LogP contribution >= 0.6 is 0 Å². The molecule has 1 aliphatic heterocycles. The van der Waals surface area contributed by atoms with Crippen LogP contribution in [-0.2, 0) is 21.3 Å². The first-order valence-corrected chi connectivity index (χ1v) is 11.0. The number of para-hydroxylation sites is 1. The Kier molecular flexibility index (Phi) is 5.67. The van der Waals surface area contributed by atoms with Gasteiger partial charge in [0.1, 0.15) is 0 Å². The van der Waals surface area contributed by atoms with Crippen LogP contribution in [0.3, 0.4) is 0 Å². The number of benzene rings is 2. The molecule has 0 saturated carbocycles. The van der Waals surface area contributed by atoms with Crippen molar-refractivity contribution in [1.82, 2.24) is 14.6 Å². The molecule has 1 aliphatic rings. The predicted molar refractivity (Wildman–Crippen MR) is 112 cm³/mol. The fourth-order valence-electron chi connectivity index (χ4n) is 3.39. The zero-order valence-corrected chi connectivity index (χ0v) is 16.9. The first kappa shape index (κ1) is 20.3. The van der Waals surface area contributed by atoms with E-state index in [0.717, 1.165) is 5.56 Å². The summed E-state index contributed by atoms with van der Waals surface area (Å²) in [4.78, 5) is 27.4. The molecule has 2 heterocycles. The number of nitrogens with zero attached hydrogens (tertiary/aromatic N) is 1. The summed E-state index contributed by atoms with van der Waals surface area (Å²) in [6, 6.07) is 14.8. The Morgan fingerprint density at radius 1 is 1.07 bits per heavy atom. The maximum absolute atomic E-state index is 12.7. The molecule has 2 N–H and O–H groups in total. The fraction of sp³-hybridized carbons (Fsp3) is 0.238. The number of ether oxygens (including phenoxy) is 1. The Bertz CT molecular complexity index is 1230. The second kappa shape index (κ2) is 8.39. The number of pyridine rings is 1. The van der Waals surface area contributed by atoms with Gasteiger partial charge in [-0.15, -0.1) is 0 Å². The number of aromatic nitrogens is 1. The number of hydrogen-bond acceptors (Lipinski definition) is 5. The minimum absolute atomic E-state index is 0.206. The molecule has 1 aromatic heterocycles. The molecule has 30 heavy (non-hydrogen) atoms. The molecule has 0 aliphatic carbocycles. The van der Waals surface area contributed by atoms with Crippen LogP contribution in [0.1, 0.15) is 15.9 Å². The van der Waals surface area contributed by atoms with Crippen molar-refractivity contribution in [2.75, 3.05) is 26.3 Å². The minimum Gasteiger partial charge on any atom is -0.379 e. The molecule has 2 aromatic carbocycles. The van der Waals surface area contributed by atoms with E-state index in [2.05, 4.69) is 10.3 Å². The van der Waals surface area contributed by atoms with Gasteiger partial charge in [-0.3, -0.25) is 9.59 Å². The van der Waals surface area contributed by atoms with Crippen LogP contribution in [0.25, 0.3) is 10.9 Å². The van der Waals surface area contributed by atoms with E-state index in [4.69, 9.17) is 4.74 Å². The number of amides is 1. The van der Waals surface area contributed by atoms with Gasteiger partial charge in [0.15, 0.2) is 0 Å². The van der Waals surface area contributed by atoms with Gasteiger partial charge in [-0.1, -0.05) is 30.3 Å². The molecule has 0 unspecified atom stereocenters. The molecule has 156 valence electrons. The quantitative estimate of drug-likeness (QED) is 0.641. The number of aromatic amines is 1. The van der Waals surface area contributed by atoms with Crippen LogP contribution in [0.15, 0.2) is 64.3 Å². The lowest BCUT2D eigenvalue weighted by Crippen LogP contribution is -2.40. The Morgan fingerprint density at radius 3 is 2.50 bits per heavy atom. The smallest absolute Gasteiger partial charge is 0.252 e. The average molecular weight is 427 g/mol. The van der Waals surface area contributed by atoms with Crippen molar-refractivity contribution < 1.29 is 17.9 Å². The molecule has 1 saturated heterocycles. The van der Waals surface area contributed by atoms with Gasteiger partial charge < -0.3 is 15.0 Å². The summed E-state index contributed by atoms with van der Waals surface area (Å²) >= 11 is 0. The van der Waals surface area contributed by atoms with Crippen molar-refractivity contribution in [3.63, 3.8) is 0 Å². The number of hydrogen-bond donors (Lipinski definition) is 2. The lowest BCUT2D eigenvalue weighted by atomic mass is 10.1. The van der Waals surface area contributed by atoms with E-state index in [1.54, 1.807) is 36.4 Å². The normalized spacial score (nSPS) is 15.2. The van der Waals surface area contributed by atoms with Crippen LogP contribution in [0.5, 0.6) is 0 Å². The Morgan fingerprint density at radius 2 is 1.77 bits per heavy atom. The Balaban J connectivity index is 1.47. The summed E-state index contributed by atoms with van der Waals surface area (Å²) in [5.74, 6) is -0.373. The average Bonchev–Trinajstić information content (AvgIpc) is 2.77. The van der Waals surface area contributed by atoms with E-state index in [1.807, 2.05) is 0 Å². The molecule has 0 atom stereocenters. The third kappa shape index (κ3) is 4.13. The maximum atomic E-state index is 12.7. The number of nitrogens with one attached hydrogen (secondary N) is 2. The van der Waals surface area contributed by atoms with Gasteiger partial charge in [0.05, 0.1) is 23.7 Å². The molecule has 3 aromatic rings. The van der Waals surface area contributed by atoms with Crippen LogP contribution in [-0.4, -0.2) is 49.9 Å². The number of H-pyrrole nitrogens is 1. The summed E-state index contributed by atoms with van der Waals surface area (Å²) in [5.41, 5.74) is 1.28. The molecular formula is C21H21N3O5S. The molecule has 1 amide bonds. The zero-order chi connectivity index (χ0) is 21.1. The van der Waals surface area contributed by atoms with Crippen molar-refractivity contribution in [2.24, 2.45) is 0 Å². The molecule has 4 rings (SSSR count). The van der Waals surface area contributed by atoms with E-state index < -0.39 is 10.0 Å². The summed E-state index contributed by atoms with van der Waals surface area (Å²) < 4.78 is 32.0. The van der Waals surface area contributed by atoms with Gasteiger partial charge >= 0.3 is 0 Å². The van der Waals surface area contributed by atoms with Crippen LogP contribution in [0, 0.1) is 0 Å². The molecule has 0 spiro atoms. The summed E-state index contributed by atoms with van der Waals surface area (Å²) in [6.07, 6.45) is 0. The van der Waals surface area contributed by atoms with E-state index in [0.29, 0.717) is 42.8 Å². The predicted octanol–water partition coefficient (Wildman–Crippen LogP) is 1.48. The number of fused-ring (bicyclic) bond motifs is 1. The highest BCUT2D eigenvalue weighted by atomic mass is 32.2. The number of carbonyl (C=O) groups is 1. The molecule has 9 heteroatoms. The lowest BCUT2D eigenvalue weighted by Gasteiger charge is -2.26. The van der Waals surface area contributed by atoms with Crippen LogP contribution in [0.4, 0.5) is 0 Å². The summed E-state index contributed by atoms with van der Waals surface area (Å²) in [6.45, 7) is 1.66. The molecule has 8 nitrogen and oxygen atoms in total. The number of rotatable bonds is 5. The van der Waals surface area contributed by atoms with E-state index >= 15 is 0 Å². The topological polar surface area (TPSA) is 109 Å². The number of morpholine rings is 1. The molecular weight excluding hydrogens is 406 g/mol. The van der Waals surface area contributed by atoms with Crippen molar-refractivity contribution in [3.05, 3.63) is 76.1 Å². The monoisotopic (exact) mass is 427 g/mol. The maximum Gasteiger partial charge on any atom is 0.252 e. The number of carbonyl (C=O) groups excluding carboxylic acids is 1. The SMILES string of the molecule is O=C(NCc1ccc(S(=O)(=O)N2CCOCC2)cc1)c1cc(=O)[nH]c2ccccc12. The summed E-state index contributed by atoms with van der Waals surface area (Å²) in [5, 5.41) is 3.44. The molecule has 0 bridgehead atoms. The largest absolute Gasteiger partial charge is 0.379 e. The van der Waals surface area contributed by atoms with E-state index in [-0.39, 0.29) is 22.9 Å². The fourth-order valence-corrected chi connectivity index (χ4v) is 4.79. The lowest BCUT2D eigenvalue weighted by molar-refractivity contribution is 0.0730. The standard InChI is InChI=1S/C21H21N3O5S/c25-20-13-18(17-3-1-2-4-19(17)23-20)21(26)22-14-15-5-7-16(8-6-15)30(27,28)24-9-11-29-12-10-24/h1-8,13H,9-12,14H2,(H,22,26)(H,23,25). The minimum atomic E-state index is -3.55. The third-order valence-electron chi connectivity index (χ3n) is 4.98. The molecule has 0 radical (unpaired) electrons. The zero-order valence-electron chi connectivity index (χ0n) is 16.1. The highest BCUT2D eigenvalue weighted by Gasteiger charge is 2.26. The van der Waals surface area contributed by atoms with Crippen molar-refractivity contribution >= 4 is 26.8 Å². The van der Waals surface area contributed by atoms with Crippen molar-refractivity contribution in [2.45, 2.75) is 11.4 Å². The van der Waals surface area contributed by atoms with Crippen LogP contribution in [0.2, 0.25) is 0 Å². The second-order valence-corrected chi connectivity index (χ2v) is 8.87. The van der Waals surface area contributed by atoms with E-state index in [1.165, 1.54) is 22.5 Å². The first-order valence-electron chi connectivity index (χ1n) is 9.52. The van der Waals surface area contributed by atoms with Gasteiger partial charge in [-0.05, 0) is 23.8 Å². The van der Waals surface area contributed by atoms with Crippen molar-refractivity contribution in [1.29, 1.82) is 0 Å². The third-order valence-corrected chi connectivity index (χ3v) is 6.89. The Labute approximate surface area is 173 Å². The van der Waals surface area contributed by atoms with E-state index in [9.17, 15) is 18.0 Å².